The Hall–Kier alpha value is -0.730. The third-order valence-corrected chi connectivity index (χ3v) is 3.19. The fourth-order valence-electron chi connectivity index (χ4n) is 2.05. The molecule has 0 aromatic heterocycles. The number of benzene rings is 1. The first-order valence-corrected chi connectivity index (χ1v) is 5.43. The van der Waals surface area contributed by atoms with Crippen molar-refractivity contribution >= 4 is 17.3 Å². The van der Waals surface area contributed by atoms with E-state index in [0.717, 1.165) is 13.0 Å². The van der Waals surface area contributed by atoms with E-state index >= 15 is 0 Å². The highest BCUT2D eigenvalue weighted by Gasteiger charge is 2.27. The van der Waals surface area contributed by atoms with Gasteiger partial charge in [0.05, 0.1) is 0 Å². The average Bonchev–Trinajstić information content (AvgIpc) is 2.18. The van der Waals surface area contributed by atoms with Gasteiger partial charge in [0.2, 0.25) is 0 Å². The van der Waals surface area contributed by atoms with Gasteiger partial charge in [0.1, 0.15) is 5.50 Å². The molecule has 0 bridgehead atoms. The normalized spacial score (nSPS) is 26.1. The molecule has 2 atom stereocenters. The van der Waals surface area contributed by atoms with E-state index in [9.17, 15) is 0 Å². The molecule has 0 saturated carbocycles. The lowest BCUT2D eigenvalue weighted by Gasteiger charge is -2.37. The summed E-state index contributed by atoms with van der Waals surface area (Å²) in [7, 11) is 0. The molecule has 0 fully saturated rings. The molecule has 2 rings (SSSR count). The Bertz CT molecular complexity index is 327. The number of hydrogen-bond acceptors (Lipinski definition) is 2. The second-order valence-corrected chi connectivity index (χ2v) is 4.13. The molecular formula is C11H15ClN2. The van der Waals surface area contributed by atoms with Crippen LogP contribution in [0.25, 0.3) is 0 Å². The van der Waals surface area contributed by atoms with Crippen LogP contribution < -0.4 is 10.6 Å². The van der Waals surface area contributed by atoms with Gasteiger partial charge in [-0.25, -0.2) is 0 Å². The van der Waals surface area contributed by atoms with Crippen molar-refractivity contribution in [2.45, 2.75) is 24.9 Å². The Kier molecular flexibility index (Phi) is 2.66. The molecule has 0 spiro atoms. The van der Waals surface area contributed by atoms with Crippen LogP contribution in [0.1, 0.15) is 24.9 Å². The molecule has 2 unspecified atom stereocenters. The minimum Gasteiger partial charge on any atom is -0.355 e. The van der Waals surface area contributed by atoms with Crippen molar-refractivity contribution in [3.05, 3.63) is 29.8 Å². The Labute approximate surface area is 89.7 Å². The van der Waals surface area contributed by atoms with Crippen LogP contribution >= 0.6 is 11.6 Å². The molecule has 14 heavy (non-hydrogen) atoms. The molecule has 1 aliphatic rings. The van der Waals surface area contributed by atoms with Crippen LogP contribution in [0.15, 0.2) is 24.3 Å². The quantitative estimate of drug-likeness (QED) is 0.570. The monoisotopic (exact) mass is 210 g/mol. The van der Waals surface area contributed by atoms with E-state index in [1.54, 1.807) is 0 Å². The topological polar surface area (TPSA) is 29.3 Å². The molecule has 0 aliphatic carbocycles. The molecule has 0 amide bonds. The molecule has 1 heterocycles. The maximum Gasteiger partial charge on any atom is 0.106 e. The number of para-hydroxylation sites is 1. The molecule has 3 heteroatoms. The molecule has 76 valence electrons. The van der Waals surface area contributed by atoms with Crippen molar-refractivity contribution in [2.24, 2.45) is 5.73 Å². The predicted molar refractivity (Wildman–Crippen MR) is 60.6 cm³/mol. The zero-order chi connectivity index (χ0) is 10.1. The number of alkyl halides is 1. The fraction of sp³-hybridized carbons (Fsp3) is 0.455. The highest BCUT2D eigenvalue weighted by molar-refractivity contribution is 6.22. The van der Waals surface area contributed by atoms with E-state index in [2.05, 4.69) is 24.0 Å². The van der Waals surface area contributed by atoms with Gasteiger partial charge in [0.25, 0.3) is 0 Å². The van der Waals surface area contributed by atoms with E-state index in [1.807, 2.05) is 12.1 Å². The number of fused-ring (bicyclic) bond motifs is 1. The molecule has 0 radical (unpaired) electrons. The maximum absolute atomic E-state index is 6.25. The lowest BCUT2D eigenvalue weighted by Crippen LogP contribution is -2.38. The second-order valence-electron chi connectivity index (χ2n) is 3.62. The van der Waals surface area contributed by atoms with Crippen molar-refractivity contribution in [3.8, 4) is 0 Å². The Morgan fingerprint density at radius 1 is 1.50 bits per heavy atom. The summed E-state index contributed by atoms with van der Waals surface area (Å²) in [5.74, 6) is 0. The van der Waals surface area contributed by atoms with Crippen molar-refractivity contribution < 1.29 is 0 Å². The van der Waals surface area contributed by atoms with Crippen molar-refractivity contribution in [1.82, 2.24) is 0 Å². The number of anilines is 1. The summed E-state index contributed by atoms with van der Waals surface area (Å²) >= 11 is 6.25. The van der Waals surface area contributed by atoms with E-state index in [4.69, 9.17) is 17.3 Å². The Morgan fingerprint density at radius 3 is 2.93 bits per heavy atom. The molecule has 2 N–H and O–H groups in total. The molecule has 1 aromatic carbocycles. The van der Waals surface area contributed by atoms with Gasteiger partial charge >= 0.3 is 0 Å². The first-order chi connectivity index (χ1) is 6.74. The summed E-state index contributed by atoms with van der Waals surface area (Å²) in [4.78, 5) is 2.19. The molecule has 1 aromatic rings. The minimum absolute atomic E-state index is 0.0323. The van der Waals surface area contributed by atoms with Gasteiger partial charge in [-0.2, -0.15) is 0 Å². The van der Waals surface area contributed by atoms with Crippen molar-refractivity contribution in [1.29, 1.82) is 0 Å². The zero-order valence-electron chi connectivity index (χ0n) is 8.28. The number of hydrogen-bond donors (Lipinski definition) is 1. The van der Waals surface area contributed by atoms with E-state index in [0.29, 0.717) is 0 Å². The van der Waals surface area contributed by atoms with Gasteiger partial charge in [-0.15, -0.1) is 0 Å². The summed E-state index contributed by atoms with van der Waals surface area (Å²) < 4.78 is 0. The van der Waals surface area contributed by atoms with Gasteiger partial charge in [-0.05, 0) is 18.6 Å². The molecular weight excluding hydrogens is 196 g/mol. The standard InChI is InChI=1S/C11H15ClN2/c1-2-14-10-6-4-3-5-8(10)9(13)7-11(14)12/h3-6,9,11H,2,7,13H2,1H3. The summed E-state index contributed by atoms with van der Waals surface area (Å²) in [6.07, 6.45) is 0.826. The highest BCUT2D eigenvalue weighted by Crippen LogP contribution is 2.36. The summed E-state index contributed by atoms with van der Waals surface area (Å²) in [6, 6.07) is 8.32. The van der Waals surface area contributed by atoms with Crippen molar-refractivity contribution in [3.63, 3.8) is 0 Å². The smallest absolute Gasteiger partial charge is 0.106 e. The number of nitrogens with two attached hydrogens (primary N) is 1. The fourth-order valence-corrected chi connectivity index (χ4v) is 2.48. The average molecular weight is 211 g/mol. The van der Waals surface area contributed by atoms with Crippen LogP contribution in [0.2, 0.25) is 0 Å². The maximum atomic E-state index is 6.25. The molecule has 0 saturated heterocycles. The van der Waals surface area contributed by atoms with Crippen LogP contribution in [0.4, 0.5) is 5.69 Å². The van der Waals surface area contributed by atoms with Crippen LogP contribution in [0, 0.1) is 0 Å². The number of halogens is 1. The van der Waals surface area contributed by atoms with Crippen LogP contribution in [-0.2, 0) is 0 Å². The first-order valence-electron chi connectivity index (χ1n) is 4.99. The number of rotatable bonds is 1. The van der Waals surface area contributed by atoms with Crippen LogP contribution in [-0.4, -0.2) is 12.0 Å². The van der Waals surface area contributed by atoms with Crippen molar-refractivity contribution in [2.75, 3.05) is 11.4 Å². The molecule has 1 aliphatic heterocycles. The van der Waals surface area contributed by atoms with Gasteiger partial charge in [0.15, 0.2) is 0 Å². The largest absolute Gasteiger partial charge is 0.355 e. The summed E-state index contributed by atoms with van der Waals surface area (Å²) in [5, 5.41) is 0. The Balaban J connectivity index is 2.45. The van der Waals surface area contributed by atoms with Gasteiger partial charge in [-0.1, -0.05) is 29.8 Å². The van der Waals surface area contributed by atoms with Crippen LogP contribution in [0.3, 0.4) is 0 Å². The highest BCUT2D eigenvalue weighted by atomic mass is 35.5. The SMILES string of the molecule is CCN1c2ccccc2C(N)CC1Cl. The minimum atomic E-state index is 0.0323. The van der Waals surface area contributed by atoms with E-state index < -0.39 is 0 Å². The van der Waals surface area contributed by atoms with E-state index in [1.165, 1.54) is 11.3 Å². The third-order valence-electron chi connectivity index (χ3n) is 2.77. The second kappa shape index (κ2) is 3.79. The zero-order valence-corrected chi connectivity index (χ0v) is 9.04. The van der Waals surface area contributed by atoms with Crippen LogP contribution in [0.5, 0.6) is 0 Å². The van der Waals surface area contributed by atoms with E-state index in [-0.39, 0.29) is 11.5 Å². The molecule has 2 nitrogen and oxygen atoms in total. The summed E-state index contributed by atoms with van der Waals surface area (Å²) in [5.41, 5.74) is 8.48. The predicted octanol–water partition coefficient (Wildman–Crippen LogP) is 2.48. The lowest BCUT2D eigenvalue weighted by molar-refractivity contribution is 0.566. The van der Waals surface area contributed by atoms with Gasteiger partial charge in [0, 0.05) is 24.7 Å². The first kappa shape index (κ1) is 9.81. The number of nitrogens with zero attached hydrogens (tertiary/aromatic N) is 1. The third kappa shape index (κ3) is 1.49. The van der Waals surface area contributed by atoms with Gasteiger partial charge < -0.3 is 10.6 Å². The lowest BCUT2D eigenvalue weighted by atomic mass is 9.97. The Morgan fingerprint density at radius 2 is 2.21 bits per heavy atom. The summed E-state index contributed by atoms with van der Waals surface area (Å²) in [6.45, 7) is 3.04. The van der Waals surface area contributed by atoms with Gasteiger partial charge in [-0.3, -0.25) is 0 Å².